The monoisotopic (exact) mass is 240 g/mol. The predicted molar refractivity (Wildman–Crippen MR) is 63.4 cm³/mol. The summed E-state index contributed by atoms with van der Waals surface area (Å²) in [5.74, 6) is 0.0706. The quantitative estimate of drug-likeness (QED) is 0.832. The molecule has 88 valence electrons. The molecule has 2 heterocycles. The molecule has 1 fully saturated rings. The Kier molecular flexibility index (Phi) is 3.93. The van der Waals surface area contributed by atoms with Crippen molar-refractivity contribution >= 4 is 17.2 Å². The summed E-state index contributed by atoms with van der Waals surface area (Å²) >= 11 is 1.73. The Bertz CT molecular complexity index is 340. The number of rotatable bonds is 4. The lowest BCUT2D eigenvalue weighted by molar-refractivity contribution is -0.148. The molecule has 1 amide bonds. The van der Waals surface area contributed by atoms with Crippen LogP contribution in [0.1, 0.15) is 4.88 Å². The van der Waals surface area contributed by atoms with Gasteiger partial charge in [0.15, 0.2) is 0 Å². The second-order valence-electron chi connectivity index (χ2n) is 3.84. The number of hydrogen-bond acceptors (Lipinski definition) is 4. The predicted octanol–water partition coefficient (Wildman–Crippen LogP) is 0.477. The number of amides is 1. The molecule has 1 aromatic heterocycles. The third-order valence-electron chi connectivity index (χ3n) is 2.69. The Balaban J connectivity index is 1.85. The molecule has 0 saturated carbocycles. The van der Waals surface area contributed by atoms with E-state index in [1.807, 2.05) is 11.0 Å². The molecule has 1 atom stereocenters. The van der Waals surface area contributed by atoms with Gasteiger partial charge in [-0.1, -0.05) is 6.07 Å². The summed E-state index contributed by atoms with van der Waals surface area (Å²) in [7, 11) is 0. The van der Waals surface area contributed by atoms with Crippen molar-refractivity contribution < 1.29 is 9.53 Å². The fourth-order valence-corrected chi connectivity index (χ4v) is 2.44. The Morgan fingerprint density at radius 1 is 1.62 bits per heavy atom. The molecule has 0 radical (unpaired) electrons. The molecule has 0 aliphatic carbocycles. The molecule has 2 rings (SSSR count). The number of ether oxygens (including phenoxy) is 1. The van der Waals surface area contributed by atoms with Crippen molar-refractivity contribution in [3.8, 4) is 0 Å². The molecule has 5 heteroatoms. The first-order chi connectivity index (χ1) is 7.79. The van der Waals surface area contributed by atoms with Gasteiger partial charge in [-0.25, -0.2) is 0 Å². The first-order valence-electron chi connectivity index (χ1n) is 5.41. The zero-order valence-corrected chi connectivity index (χ0v) is 9.91. The van der Waals surface area contributed by atoms with Crippen molar-refractivity contribution in [2.45, 2.75) is 12.5 Å². The van der Waals surface area contributed by atoms with Gasteiger partial charge >= 0.3 is 0 Å². The van der Waals surface area contributed by atoms with Crippen molar-refractivity contribution in [2.75, 3.05) is 26.2 Å². The smallest absolute Gasteiger partial charge is 0.248 e. The Morgan fingerprint density at radius 3 is 3.19 bits per heavy atom. The van der Waals surface area contributed by atoms with Crippen molar-refractivity contribution in [1.82, 2.24) is 4.90 Å². The maximum absolute atomic E-state index is 11.6. The minimum atomic E-state index is 0.000959. The molecule has 1 saturated heterocycles. The molecule has 1 aliphatic rings. The van der Waals surface area contributed by atoms with E-state index in [0.717, 1.165) is 13.0 Å². The van der Waals surface area contributed by atoms with Crippen LogP contribution in [0.15, 0.2) is 17.5 Å². The molecular weight excluding hydrogens is 224 g/mol. The van der Waals surface area contributed by atoms with Crippen LogP contribution in [0.2, 0.25) is 0 Å². The van der Waals surface area contributed by atoms with Gasteiger partial charge in [0.25, 0.3) is 0 Å². The molecule has 4 nitrogen and oxygen atoms in total. The summed E-state index contributed by atoms with van der Waals surface area (Å²) in [5.41, 5.74) is 5.54. The van der Waals surface area contributed by atoms with Gasteiger partial charge < -0.3 is 15.4 Å². The highest BCUT2D eigenvalue weighted by atomic mass is 32.1. The SMILES string of the molecule is NCC1CN(CCc2cccs2)C(=O)CO1. The third kappa shape index (κ3) is 2.81. The van der Waals surface area contributed by atoms with Gasteiger partial charge in [-0.2, -0.15) is 0 Å². The highest BCUT2D eigenvalue weighted by Crippen LogP contribution is 2.12. The summed E-state index contributed by atoms with van der Waals surface area (Å²) in [4.78, 5) is 14.7. The fourth-order valence-electron chi connectivity index (χ4n) is 1.74. The van der Waals surface area contributed by atoms with Crippen molar-refractivity contribution in [3.63, 3.8) is 0 Å². The first-order valence-corrected chi connectivity index (χ1v) is 6.29. The molecule has 1 unspecified atom stereocenters. The van der Waals surface area contributed by atoms with Crippen LogP contribution in [-0.2, 0) is 16.0 Å². The molecular formula is C11H16N2O2S. The number of nitrogens with two attached hydrogens (primary N) is 1. The van der Waals surface area contributed by atoms with E-state index < -0.39 is 0 Å². The van der Waals surface area contributed by atoms with Crippen LogP contribution in [-0.4, -0.2) is 43.2 Å². The number of nitrogens with zero attached hydrogens (tertiary/aromatic N) is 1. The molecule has 0 aromatic carbocycles. The second-order valence-corrected chi connectivity index (χ2v) is 4.87. The van der Waals surface area contributed by atoms with E-state index in [1.165, 1.54) is 4.88 Å². The number of morpholine rings is 1. The molecule has 0 bridgehead atoms. The lowest BCUT2D eigenvalue weighted by Crippen LogP contribution is -2.49. The molecule has 2 N–H and O–H groups in total. The summed E-state index contributed by atoms with van der Waals surface area (Å²) in [5, 5.41) is 2.05. The van der Waals surface area contributed by atoms with Gasteiger partial charge in [-0.15, -0.1) is 11.3 Å². The van der Waals surface area contributed by atoms with E-state index in [0.29, 0.717) is 13.1 Å². The fraction of sp³-hybridized carbons (Fsp3) is 0.545. The highest BCUT2D eigenvalue weighted by Gasteiger charge is 2.24. The lowest BCUT2D eigenvalue weighted by Gasteiger charge is -2.32. The molecule has 0 spiro atoms. The standard InChI is InChI=1S/C11H16N2O2S/c12-6-9-7-13(11(14)8-15-9)4-3-10-2-1-5-16-10/h1-2,5,9H,3-4,6-8,12H2. The summed E-state index contributed by atoms with van der Waals surface area (Å²) < 4.78 is 5.29. The zero-order chi connectivity index (χ0) is 11.4. The third-order valence-corrected chi connectivity index (χ3v) is 3.63. The summed E-state index contributed by atoms with van der Waals surface area (Å²) in [6.07, 6.45) is 0.918. The first kappa shape index (κ1) is 11.6. The Morgan fingerprint density at radius 2 is 2.50 bits per heavy atom. The van der Waals surface area contributed by atoms with Gasteiger partial charge in [-0.3, -0.25) is 4.79 Å². The van der Waals surface area contributed by atoms with E-state index in [4.69, 9.17) is 10.5 Å². The van der Waals surface area contributed by atoms with Gasteiger partial charge in [0.2, 0.25) is 5.91 Å². The van der Waals surface area contributed by atoms with E-state index in [1.54, 1.807) is 11.3 Å². The van der Waals surface area contributed by atoms with Gasteiger partial charge in [-0.05, 0) is 17.9 Å². The second kappa shape index (κ2) is 5.43. The zero-order valence-electron chi connectivity index (χ0n) is 9.09. The average molecular weight is 240 g/mol. The average Bonchev–Trinajstić information content (AvgIpc) is 2.81. The van der Waals surface area contributed by atoms with Gasteiger partial charge in [0.05, 0.1) is 6.10 Å². The number of carbonyl (C=O) groups is 1. The van der Waals surface area contributed by atoms with Crippen LogP contribution in [0.5, 0.6) is 0 Å². The molecule has 1 aromatic rings. The number of thiophene rings is 1. The van der Waals surface area contributed by atoms with Crippen LogP contribution in [0.25, 0.3) is 0 Å². The Hall–Kier alpha value is -0.910. The van der Waals surface area contributed by atoms with Crippen LogP contribution >= 0.6 is 11.3 Å². The van der Waals surface area contributed by atoms with Crippen molar-refractivity contribution in [3.05, 3.63) is 22.4 Å². The Labute approximate surface area is 99.0 Å². The highest BCUT2D eigenvalue weighted by molar-refractivity contribution is 7.09. The largest absolute Gasteiger partial charge is 0.365 e. The maximum atomic E-state index is 11.6. The van der Waals surface area contributed by atoms with Crippen LogP contribution in [0, 0.1) is 0 Å². The lowest BCUT2D eigenvalue weighted by atomic mass is 10.2. The summed E-state index contributed by atoms with van der Waals surface area (Å²) in [6.45, 7) is 2.04. The van der Waals surface area contributed by atoms with Crippen LogP contribution < -0.4 is 5.73 Å². The van der Waals surface area contributed by atoms with E-state index >= 15 is 0 Å². The van der Waals surface area contributed by atoms with Crippen molar-refractivity contribution in [2.24, 2.45) is 5.73 Å². The normalized spacial score (nSPS) is 21.4. The molecule has 1 aliphatic heterocycles. The topological polar surface area (TPSA) is 55.6 Å². The number of carbonyl (C=O) groups excluding carboxylic acids is 1. The van der Waals surface area contributed by atoms with Crippen molar-refractivity contribution in [1.29, 1.82) is 0 Å². The van der Waals surface area contributed by atoms with Crippen LogP contribution in [0.4, 0.5) is 0 Å². The minimum absolute atomic E-state index is 0.000959. The minimum Gasteiger partial charge on any atom is -0.365 e. The van der Waals surface area contributed by atoms with E-state index in [2.05, 4.69) is 11.4 Å². The van der Waals surface area contributed by atoms with Gasteiger partial charge in [0, 0.05) is 24.5 Å². The van der Waals surface area contributed by atoms with E-state index in [-0.39, 0.29) is 18.6 Å². The molecule has 16 heavy (non-hydrogen) atoms. The van der Waals surface area contributed by atoms with E-state index in [9.17, 15) is 4.79 Å². The number of hydrogen-bond donors (Lipinski definition) is 1. The maximum Gasteiger partial charge on any atom is 0.248 e. The summed E-state index contributed by atoms with van der Waals surface area (Å²) in [6, 6.07) is 4.12. The van der Waals surface area contributed by atoms with Crippen LogP contribution in [0.3, 0.4) is 0 Å². The van der Waals surface area contributed by atoms with Gasteiger partial charge in [0.1, 0.15) is 6.61 Å².